The second-order valence-corrected chi connectivity index (χ2v) is 3.93. The maximum Gasteiger partial charge on any atom is 0.330 e. The van der Waals surface area contributed by atoms with Crippen LogP contribution in [0.15, 0.2) is 36.5 Å². The number of carbonyl (C=O) groups excluding carboxylic acids is 2. The van der Waals surface area contributed by atoms with Crippen LogP contribution in [0.3, 0.4) is 0 Å². The molecule has 0 heterocycles. The van der Waals surface area contributed by atoms with Gasteiger partial charge < -0.3 is 9.47 Å². The van der Waals surface area contributed by atoms with Gasteiger partial charge in [0.15, 0.2) is 0 Å². The van der Waals surface area contributed by atoms with Crippen LogP contribution in [-0.2, 0) is 19.1 Å². The summed E-state index contributed by atoms with van der Waals surface area (Å²) in [5.74, 6) is -0.582. The van der Waals surface area contributed by atoms with Gasteiger partial charge in [-0.15, -0.1) is 0 Å². The van der Waals surface area contributed by atoms with Crippen molar-refractivity contribution in [3.63, 3.8) is 0 Å². The zero-order valence-corrected chi connectivity index (χ0v) is 12.3. The van der Waals surface area contributed by atoms with Crippen LogP contribution < -0.4 is 0 Å². The summed E-state index contributed by atoms with van der Waals surface area (Å²) in [4.78, 5) is 22.0. The van der Waals surface area contributed by atoms with Gasteiger partial charge in [-0.2, -0.15) is 0 Å². The van der Waals surface area contributed by atoms with Crippen LogP contribution in [0.1, 0.15) is 39.5 Å². The first-order valence-electron chi connectivity index (χ1n) is 7.02. The monoisotopic (exact) mass is 280 g/mol. The number of carbonyl (C=O) groups is 2. The molecule has 0 aromatic rings. The van der Waals surface area contributed by atoms with Crippen molar-refractivity contribution in [1.29, 1.82) is 0 Å². The predicted octanol–water partition coefficient (Wildman–Crippen LogP) is 3.34. The highest BCUT2D eigenvalue weighted by Crippen LogP contribution is 1.98. The minimum Gasteiger partial charge on any atom is -0.463 e. The molecule has 0 unspecified atom stereocenters. The minimum absolute atomic E-state index is 0.291. The molecule has 0 radical (unpaired) electrons. The van der Waals surface area contributed by atoms with Gasteiger partial charge in [-0.3, -0.25) is 0 Å². The molecule has 0 aromatic carbocycles. The Morgan fingerprint density at radius 3 is 1.40 bits per heavy atom. The van der Waals surface area contributed by atoms with E-state index in [1.54, 1.807) is 13.8 Å². The van der Waals surface area contributed by atoms with Crippen LogP contribution in [-0.4, -0.2) is 25.2 Å². The van der Waals surface area contributed by atoms with Crippen molar-refractivity contribution in [2.75, 3.05) is 13.2 Å². The molecule has 0 fully saturated rings. The van der Waals surface area contributed by atoms with Crippen molar-refractivity contribution in [3.8, 4) is 0 Å². The largest absolute Gasteiger partial charge is 0.463 e. The highest BCUT2D eigenvalue weighted by molar-refractivity contribution is 5.82. The highest BCUT2D eigenvalue weighted by Gasteiger charge is 1.92. The van der Waals surface area contributed by atoms with Crippen LogP contribution in [0.2, 0.25) is 0 Å². The lowest BCUT2D eigenvalue weighted by molar-refractivity contribution is -0.138. The van der Waals surface area contributed by atoms with Gasteiger partial charge in [-0.25, -0.2) is 9.59 Å². The lowest BCUT2D eigenvalue weighted by atomic mass is 10.2. The zero-order chi connectivity index (χ0) is 15.1. The second kappa shape index (κ2) is 13.6. The first kappa shape index (κ1) is 18.2. The van der Waals surface area contributed by atoms with Crippen LogP contribution in [0.5, 0.6) is 0 Å². The summed E-state index contributed by atoms with van der Waals surface area (Å²) in [6.45, 7) is 4.38. The Bertz CT molecular complexity index is 319. The van der Waals surface area contributed by atoms with E-state index in [1.807, 2.05) is 12.2 Å². The van der Waals surface area contributed by atoms with Crippen LogP contribution in [0.4, 0.5) is 0 Å². The van der Waals surface area contributed by atoms with E-state index in [0.717, 1.165) is 25.7 Å². The van der Waals surface area contributed by atoms with E-state index >= 15 is 0 Å². The Hall–Kier alpha value is -1.84. The van der Waals surface area contributed by atoms with E-state index in [2.05, 4.69) is 12.2 Å². The molecular formula is C16H24O4. The average molecular weight is 280 g/mol. The predicted molar refractivity (Wildman–Crippen MR) is 79.2 cm³/mol. The first-order chi connectivity index (χ1) is 9.70. The van der Waals surface area contributed by atoms with Gasteiger partial charge in [-0.1, -0.05) is 24.3 Å². The first-order valence-corrected chi connectivity index (χ1v) is 7.02. The second-order valence-electron chi connectivity index (χ2n) is 3.93. The molecule has 0 aliphatic rings. The lowest BCUT2D eigenvalue weighted by Gasteiger charge is -1.94. The summed E-state index contributed by atoms with van der Waals surface area (Å²) in [5.41, 5.74) is 0. The summed E-state index contributed by atoms with van der Waals surface area (Å²) in [6, 6.07) is 0. The van der Waals surface area contributed by atoms with Gasteiger partial charge in [0.2, 0.25) is 0 Å². The Morgan fingerprint density at radius 1 is 0.700 bits per heavy atom. The number of hydrogen-bond acceptors (Lipinski definition) is 4. The smallest absolute Gasteiger partial charge is 0.330 e. The molecule has 0 rings (SSSR count). The van der Waals surface area contributed by atoms with Gasteiger partial charge >= 0.3 is 11.9 Å². The summed E-state index contributed by atoms with van der Waals surface area (Å²) in [6.07, 6.45) is 14.1. The number of ether oxygens (including phenoxy) is 2. The Kier molecular flexibility index (Phi) is 12.3. The van der Waals surface area contributed by atoms with Crippen molar-refractivity contribution < 1.29 is 19.1 Å². The molecule has 0 N–H and O–H groups in total. The number of unbranched alkanes of at least 4 members (excludes halogenated alkanes) is 2. The van der Waals surface area contributed by atoms with Gasteiger partial charge in [-0.05, 0) is 39.5 Å². The molecule has 0 saturated carbocycles. The lowest BCUT2D eigenvalue weighted by Crippen LogP contribution is -1.98. The molecular weight excluding hydrogens is 256 g/mol. The number of esters is 2. The quantitative estimate of drug-likeness (QED) is 0.266. The molecule has 20 heavy (non-hydrogen) atoms. The molecule has 0 saturated heterocycles. The molecule has 0 atom stereocenters. The Balaban J connectivity index is 3.54. The number of hydrogen-bond donors (Lipinski definition) is 0. The molecule has 112 valence electrons. The average Bonchev–Trinajstić information content (AvgIpc) is 2.41. The summed E-state index contributed by atoms with van der Waals surface area (Å²) < 4.78 is 9.52. The molecule has 0 aliphatic carbocycles. The van der Waals surface area contributed by atoms with Gasteiger partial charge in [0.05, 0.1) is 13.2 Å². The molecule has 0 aromatic heterocycles. The Labute approximate surface area is 121 Å². The van der Waals surface area contributed by atoms with E-state index in [1.165, 1.54) is 12.2 Å². The maximum absolute atomic E-state index is 11.0. The van der Waals surface area contributed by atoms with Crippen molar-refractivity contribution in [2.24, 2.45) is 0 Å². The van der Waals surface area contributed by atoms with E-state index in [9.17, 15) is 9.59 Å². The number of rotatable bonds is 10. The SMILES string of the molecule is CCOC(=O)/C=C/CC/C=C/CC/C=C/C(=O)OCC. The summed E-state index contributed by atoms with van der Waals surface area (Å²) in [5, 5.41) is 0. The minimum atomic E-state index is -0.291. The van der Waals surface area contributed by atoms with E-state index < -0.39 is 0 Å². The van der Waals surface area contributed by atoms with Gasteiger partial charge in [0.1, 0.15) is 0 Å². The fourth-order valence-corrected chi connectivity index (χ4v) is 1.36. The fourth-order valence-electron chi connectivity index (χ4n) is 1.36. The van der Waals surface area contributed by atoms with Crippen LogP contribution in [0.25, 0.3) is 0 Å². The third-order valence-corrected chi connectivity index (χ3v) is 2.25. The van der Waals surface area contributed by atoms with Crippen LogP contribution in [0, 0.1) is 0 Å². The molecule has 0 spiro atoms. The molecule has 0 aliphatic heterocycles. The molecule has 4 nitrogen and oxygen atoms in total. The van der Waals surface area contributed by atoms with Gasteiger partial charge in [0, 0.05) is 12.2 Å². The third kappa shape index (κ3) is 12.6. The zero-order valence-electron chi connectivity index (χ0n) is 12.3. The number of allylic oxidation sites excluding steroid dienone is 4. The Morgan fingerprint density at radius 2 is 1.05 bits per heavy atom. The normalized spacial score (nSPS) is 11.5. The third-order valence-electron chi connectivity index (χ3n) is 2.25. The maximum atomic E-state index is 11.0. The van der Waals surface area contributed by atoms with Crippen LogP contribution >= 0.6 is 0 Å². The van der Waals surface area contributed by atoms with Crippen molar-refractivity contribution in [3.05, 3.63) is 36.5 Å². The summed E-state index contributed by atoms with van der Waals surface area (Å²) >= 11 is 0. The van der Waals surface area contributed by atoms with Crippen molar-refractivity contribution >= 4 is 11.9 Å². The fraction of sp³-hybridized carbons (Fsp3) is 0.500. The van der Waals surface area contributed by atoms with Crippen molar-refractivity contribution in [2.45, 2.75) is 39.5 Å². The van der Waals surface area contributed by atoms with Crippen molar-refractivity contribution in [1.82, 2.24) is 0 Å². The molecule has 0 amide bonds. The molecule has 0 bridgehead atoms. The summed E-state index contributed by atoms with van der Waals surface area (Å²) in [7, 11) is 0. The topological polar surface area (TPSA) is 52.6 Å². The van der Waals surface area contributed by atoms with E-state index in [4.69, 9.17) is 9.47 Å². The van der Waals surface area contributed by atoms with Gasteiger partial charge in [0.25, 0.3) is 0 Å². The molecule has 4 heteroatoms. The van der Waals surface area contributed by atoms with E-state index in [0.29, 0.717) is 13.2 Å². The standard InChI is InChI=1S/C16H24O4/c1-3-19-15(17)13-11-9-7-5-6-8-10-12-14-16(18)20-4-2/h5-6,11-14H,3-4,7-10H2,1-2H3/b6-5+,13-11+,14-12+. The van der Waals surface area contributed by atoms with E-state index in [-0.39, 0.29) is 11.9 Å². The highest BCUT2D eigenvalue weighted by atomic mass is 16.5.